The second-order valence-electron chi connectivity index (χ2n) is 7.89. The topological polar surface area (TPSA) is 122 Å². The van der Waals surface area contributed by atoms with E-state index in [0.717, 1.165) is 0 Å². The number of carbonyl (C=O) groups is 3. The number of sulfonamides is 1. The minimum Gasteiger partial charge on any atom is -0.463 e. The van der Waals surface area contributed by atoms with Crippen molar-refractivity contribution in [1.29, 1.82) is 0 Å². The number of nitrogens with one attached hydrogen (secondary N) is 2. The summed E-state index contributed by atoms with van der Waals surface area (Å²) in [7, 11) is -3.72. The molecule has 1 aromatic rings. The van der Waals surface area contributed by atoms with Crippen molar-refractivity contribution in [2.24, 2.45) is 5.92 Å². The Hall–Kier alpha value is -2.46. The molecule has 0 fully saturated rings. The molecule has 10 heteroatoms. The van der Waals surface area contributed by atoms with Gasteiger partial charge in [-0.3, -0.25) is 14.4 Å². The molecule has 2 N–H and O–H groups in total. The summed E-state index contributed by atoms with van der Waals surface area (Å²) in [5, 5.41) is 5.30. The van der Waals surface area contributed by atoms with Gasteiger partial charge in [0.15, 0.2) is 0 Å². The van der Waals surface area contributed by atoms with E-state index in [-0.39, 0.29) is 35.4 Å². The Morgan fingerprint density at radius 1 is 1.06 bits per heavy atom. The summed E-state index contributed by atoms with van der Waals surface area (Å²) in [6, 6.07) is 4.88. The molecule has 1 aromatic carbocycles. The van der Waals surface area contributed by atoms with Gasteiger partial charge in [-0.15, -0.1) is 0 Å². The number of hydrogen-bond acceptors (Lipinski definition) is 6. The summed E-state index contributed by atoms with van der Waals surface area (Å²) in [6.07, 6.45) is -0.212. The van der Waals surface area contributed by atoms with Crippen LogP contribution in [0.1, 0.15) is 58.3 Å². The molecule has 1 rings (SSSR count). The number of esters is 1. The quantitative estimate of drug-likeness (QED) is 0.451. The highest BCUT2D eigenvalue weighted by Crippen LogP contribution is 2.17. The average molecular weight is 470 g/mol. The van der Waals surface area contributed by atoms with Crippen molar-refractivity contribution in [1.82, 2.24) is 14.9 Å². The molecule has 0 aliphatic heterocycles. The van der Waals surface area contributed by atoms with Crippen LogP contribution in [-0.2, 0) is 24.3 Å². The molecule has 0 heterocycles. The molecule has 0 saturated heterocycles. The minimum absolute atomic E-state index is 0.0167. The van der Waals surface area contributed by atoms with Gasteiger partial charge in [-0.1, -0.05) is 33.8 Å². The van der Waals surface area contributed by atoms with Gasteiger partial charge in [0.05, 0.1) is 17.4 Å². The Balaban J connectivity index is 2.89. The van der Waals surface area contributed by atoms with E-state index < -0.39 is 33.8 Å². The van der Waals surface area contributed by atoms with Gasteiger partial charge in [-0.2, -0.15) is 4.31 Å². The molecule has 2 amide bonds. The van der Waals surface area contributed by atoms with Crippen LogP contribution in [0, 0.1) is 5.92 Å². The SMILES string of the molecule is CCN(CC)S(=O)(=O)c1cccc(C(=O)N[C@H](C(=O)NCCC(=O)OC(C)C)C(C)C)c1. The van der Waals surface area contributed by atoms with E-state index in [0.29, 0.717) is 13.1 Å². The van der Waals surface area contributed by atoms with Crippen LogP contribution < -0.4 is 10.6 Å². The number of nitrogens with zero attached hydrogens (tertiary/aromatic N) is 1. The van der Waals surface area contributed by atoms with Crippen molar-refractivity contribution in [2.45, 2.75) is 65.0 Å². The monoisotopic (exact) mass is 469 g/mol. The Morgan fingerprint density at radius 3 is 2.22 bits per heavy atom. The molecule has 0 saturated carbocycles. The third-order valence-electron chi connectivity index (χ3n) is 4.67. The highest BCUT2D eigenvalue weighted by molar-refractivity contribution is 7.89. The minimum atomic E-state index is -3.72. The summed E-state index contributed by atoms with van der Waals surface area (Å²) in [4.78, 5) is 37.0. The van der Waals surface area contributed by atoms with E-state index in [4.69, 9.17) is 4.74 Å². The maximum atomic E-state index is 12.8. The van der Waals surface area contributed by atoms with Gasteiger partial charge in [-0.25, -0.2) is 8.42 Å². The lowest BCUT2D eigenvalue weighted by Gasteiger charge is -2.22. The molecule has 0 spiro atoms. The molecule has 0 aromatic heterocycles. The van der Waals surface area contributed by atoms with Gasteiger partial charge >= 0.3 is 5.97 Å². The zero-order chi connectivity index (χ0) is 24.5. The van der Waals surface area contributed by atoms with E-state index >= 15 is 0 Å². The number of benzene rings is 1. The summed E-state index contributed by atoms with van der Waals surface area (Å²) in [5.41, 5.74) is 0.136. The standard InChI is InChI=1S/C22H35N3O6S/c1-7-25(8-2)32(29,30)18-11-9-10-17(14-18)21(27)24-20(15(3)4)22(28)23-13-12-19(26)31-16(5)6/h9-11,14-16,20H,7-8,12-13H2,1-6H3,(H,23,28)(H,24,27)/t20-/m0/s1. The van der Waals surface area contributed by atoms with E-state index in [2.05, 4.69) is 10.6 Å². The first-order valence-electron chi connectivity index (χ1n) is 10.8. The summed E-state index contributed by atoms with van der Waals surface area (Å²) in [6.45, 7) is 11.2. The molecule has 0 radical (unpaired) electrons. The van der Waals surface area contributed by atoms with Gasteiger partial charge in [0.25, 0.3) is 5.91 Å². The summed E-state index contributed by atoms with van der Waals surface area (Å²) >= 11 is 0. The van der Waals surface area contributed by atoms with Gasteiger partial charge in [0, 0.05) is 25.2 Å². The van der Waals surface area contributed by atoms with Gasteiger partial charge < -0.3 is 15.4 Å². The second-order valence-corrected chi connectivity index (χ2v) is 9.83. The second kappa shape index (κ2) is 12.5. The first-order chi connectivity index (χ1) is 14.9. The van der Waals surface area contributed by atoms with E-state index in [9.17, 15) is 22.8 Å². The molecular weight excluding hydrogens is 434 g/mol. The Labute approximate surface area is 190 Å². The lowest BCUT2D eigenvalue weighted by atomic mass is 10.0. The van der Waals surface area contributed by atoms with Gasteiger partial charge in [-0.05, 0) is 38.0 Å². The van der Waals surface area contributed by atoms with Crippen molar-refractivity contribution in [3.63, 3.8) is 0 Å². The van der Waals surface area contributed by atoms with Crippen LogP contribution in [0.15, 0.2) is 29.2 Å². The summed E-state index contributed by atoms with van der Waals surface area (Å²) in [5.74, 6) is -1.65. The highest BCUT2D eigenvalue weighted by Gasteiger charge is 2.26. The fraction of sp³-hybridized carbons (Fsp3) is 0.591. The van der Waals surface area contributed by atoms with Crippen molar-refractivity contribution in [3.8, 4) is 0 Å². The highest BCUT2D eigenvalue weighted by atomic mass is 32.2. The first-order valence-corrected chi connectivity index (χ1v) is 12.3. The maximum Gasteiger partial charge on any atom is 0.307 e. The number of ether oxygens (including phenoxy) is 1. The number of carbonyl (C=O) groups excluding carboxylic acids is 3. The van der Waals surface area contributed by atoms with Crippen LogP contribution >= 0.6 is 0 Å². The van der Waals surface area contributed by atoms with Crippen molar-refractivity contribution < 1.29 is 27.5 Å². The smallest absolute Gasteiger partial charge is 0.307 e. The number of rotatable bonds is 12. The van der Waals surface area contributed by atoms with Crippen molar-refractivity contribution in [3.05, 3.63) is 29.8 Å². The van der Waals surface area contributed by atoms with Gasteiger partial charge in [0.2, 0.25) is 15.9 Å². The zero-order valence-corrected chi connectivity index (χ0v) is 20.5. The first kappa shape index (κ1) is 27.6. The summed E-state index contributed by atoms with van der Waals surface area (Å²) < 4.78 is 31.8. The van der Waals surface area contributed by atoms with Crippen LogP contribution in [0.2, 0.25) is 0 Å². The van der Waals surface area contributed by atoms with E-state index in [1.54, 1.807) is 41.5 Å². The predicted molar refractivity (Wildman–Crippen MR) is 121 cm³/mol. The lowest BCUT2D eigenvalue weighted by Crippen LogP contribution is -2.50. The van der Waals surface area contributed by atoms with Crippen LogP contribution in [0.3, 0.4) is 0 Å². The molecule has 180 valence electrons. The molecule has 0 bridgehead atoms. The van der Waals surface area contributed by atoms with Crippen LogP contribution in [0.25, 0.3) is 0 Å². The molecule has 1 atom stereocenters. The molecular formula is C22H35N3O6S. The Bertz CT molecular complexity index is 895. The largest absolute Gasteiger partial charge is 0.463 e. The normalized spacial score (nSPS) is 12.7. The van der Waals surface area contributed by atoms with Crippen molar-refractivity contribution >= 4 is 27.8 Å². The third kappa shape index (κ3) is 7.90. The fourth-order valence-electron chi connectivity index (χ4n) is 2.99. The van der Waals surface area contributed by atoms with Crippen molar-refractivity contribution in [2.75, 3.05) is 19.6 Å². The molecule has 9 nitrogen and oxygen atoms in total. The maximum absolute atomic E-state index is 12.8. The lowest BCUT2D eigenvalue weighted by molar-refractivity contribution is -0.147. The van der Waals surface area contributed by atoms with Gasteiger partial charge in [0.1, 0.15) is 6.04 Å². The average Bonchev–Trinajstić information content (AvgIpc) is 2.71. The van der Waals surface area contributed by atoms with Crippen LogP contribution in [0.4, 0.5) is 0 Å². The third-order valence-corrected chi connectivity index (χ3v) is 6.72. The predicted octanol–water partition coefficient (Wildman–Crippen LogP) is 1.93. The molecule has 0 unspecified atom stereocenters. The molecule has 0 aliphatic rings. The fourth-order valence-corrected chi connectivity index (χ4v) is 4.49. The number of amides is 2. The van der Waals surface area contributed by atoms with E-state index in [1.807, 2.05) is 0 Å². The number of hydrogen-bond donors (Lipinski definition) is 2. The van der Waals surface area contributed by atoms with E-state index in [1.165, 1.54) is 28.6 Å². The Morgan fingerprint density at radius 2 is 1.69 bits per heavy atom. The zero-order valence-electron chi connectivity index (χ0n) is 19.7. The Kier molecular flexibility index (Phi) is 10.8. The van der Waals surface area contributed by atoms with Crippen LogP contribution in [-0.4, -0.2) is 62.3 Å². The molecule has 0 aliphatic carbocycles. The van der Waals surface area contributed by atoms with Crippen LogP contribution in [0.5, 0.6) is 0 Å². The molecule has 32 heavy (non-hydrogen) atoms.